The molecule has 0 fully saturated rings. The van der Waals surface area contributed by atoms with E-state index < -0.39 is 0 Å². The van der Waals surface area contributed by atoms with Gasteiger partial charge in [0.1, 0.15) is 5.69 Å². The second-order valence-corrected chi connectivity index (χ2v) is 6.10. The molecule has 2 N–H and O–H groups in total. The fourth-order valence-corrected chi connectivity index (χ4v) is 2.52. The molecule has 1 aromatic rings. The van der Waals surface area contributed by atoms with Gasteiger partial charge < -0.3 is 10.6 Å². The molecule has 0 spiro atoms. The highest BCUT2D eigenvalue weighted by molar-refractivity contribution is 9.10. The van der Waals surface area contributed by atoms with Crippen LogP contribution in [0.15, 0.2) is 10.7 Å². The molecule has 6 heteroatoms. The summed E-state index contributed by atoms with van der Waals surface area (Å²) >= 11 is 3.42. The molecular formula is C14H25BrN4O. The van der Waals surface area contributed by atoms with E-state index in [1.54, 1.807) is 10.9 Å². The Balaban J connectivity index is 2.51. The van der Waals surface area contributed by atoms with Gasteiger partial charge in [-0.1, -0.05) is 12.8 Å². The van der Waals surface area contributed by atoms with Crippen molar-refractivity contribution >= 4 is 21.7 Å². The van der Waals surface area contributed by atoms with Crippen molar-refractivity contribution in [3.8, 4) is 0 Å². The summed E-state index contributed by atoms with van der Waals surface area (Å²) in [6.45, 7) is 2.33. The second kappa shape index (κ2) is 9.26. The van der Waals surface area contributed by atoms with E-state index in [9.17, 15) is 4.79 Å². The molecule has 0 amide bonds. The van der Waals surface area contributed by atoms with Crippen molar-refractivity contribution < 1.29 is 4.79 Å². The van der Waals surface area contributed by atoms with Crippen molar-refractivity contribution in [1.82, 2.24) is 14.7 Å². The number of ketones is 1. The van der Waals surface area contributed by atoms with E-state index in [-0.39, 0.29) is 5.78 Å². The fourth-order valence-electron chi connectivity index (χ4n) is 2.01. The lowest BCUT2D eigenvalue weighted by Gasteiger charge is -2.11. The number of hydrogen-bond acceptors (Lipinski definition) is 4. The zero-order valence-corrected chi connectivity index (χ0v) is 14.0. The van der Waals surface area contributed by atoms with Crippen LogP contribution in [-0.4, -0.2) is 47.6 Å². The Morgan fingerprint density at radius 2 is 2.05 bits per heavy atom. The Labute approximate surface area is 129 Å². The van der Waals surface area contributed by atoms with Crippen LogP contribution in [0.3, 0.4) is 0 Å². The van der Waals surface area contributed by atoms with Crippen LogP contribution in [-0.2, 0) is 6.54 Å². The summed E-state index contributed by atoms with van der Waals surface area (Å²) < 4.78 is 2.59. The molecule has 0 unspecified atom stereocenters. The van der Waals surface area contributed by atoms with E-state index in [0.29, 0.717) is 12.1 Å². The predicted molar refractivity (Wildman–Crippen MR) is 85.0 cm³/mol. The molecule has 0 saturated heterocycles. The number of Topliss-reactive ketones (excluding diaryl/α,β-unsaturated/α-hetero) is 1. The van der Waals surface area contributed by atoms with Gasteiger partial charge in [0.05, 0.1) is 17.2 Å². The van der Waals surface area contributed by atoms with Crippen LogP contribution < -0.4 is 5.73 Å². The topological polar surface area (TPSA) is 64.2 Å². The molecule has 0 bridgehead atoms. The Bertz CT molecular complexity index is 417. The van der Waals surface area contributed by atoms with Crippen molar-refractivity contribution in [1.29, 1.82) is 0 Å². The third-order valence-corrected chi connectivity index (χ3v) is 3.76. The quantitative estimate of drug-likeness (QED) is 0.522. The molecule has 0 aromatic carbocycles. The van der Waals surface area contributed by atoms with Crippen LogP contribution >= 0.6 is 15.9 Å². The van der Waals surface area contributed by atoms with Crippen LogP contribution in [0.2, 0.25) is 0 Å². The molecule has 0 atom stereocenters. The van der Waals surface area contributed by atoms with E-state index in [0.717, 1.165) is 49.8 Å². The van der Waals surface area contributed by atoms with Gasteiger partial charge in [0.25, 0.3) is 0 Å². The standard InChI is InChI=1S/C14H25BrN4O/c1-18(2)9-10-19-14(12(15)11-17-19)13(20)7-5-3-4-6-8-16/h11H,3-10,16H2,1-2H3. The van der Waals surface area contributed by atoms with Crippen molar-refractivity contribution in [2.75, 3.05) is 27.2 Å². The first kappa shape index (κ1) is 17.3. The number of rotatable bonds is 10. The zero-order valence-electron chi connectivity index (χ0n) is 12.4. The number of likely N-dealkylation sites (N-methyl/N-ethyl adjacent to an activating group) is 1. The summed E-state index contributed by atoms with van der Waals surface area (Å²) in [7, 11) is 4.02. The summed E-state index contributed by atoms with van der Waals surface area (Å²) in [5.41, 5.74) is 6.16. The highest BCUT2D eigenvalue weighted by Gasteiger charge is 2.16. The maximum Gasteiger partial charge on any atom is 0.182 e. The van der Waals surface area contributed by atoms with Crippen LogP contribution in [0.25, 0.3) is 0 Å². The third kappa shape index (κ3) is 5.73. The first-order chi connectivity index (χ1) is 9.56. The van der Waals surface area contributed by atoms with Gasteiger partial charge in [-0.05, 0) is 49.4 Å². The molecule has 1 rings (SSSR count). The third-order valence-electron chi connectivity index (χ3n) is 3.18. The molecule has 0 aliphatic carbocycles. The smallest absolute Gasteiger partial charge is 0.182 e. The summed E-state index contributed by atoms with van der Waals surface area (Å²) in [4.78, 5) is 14.4. The molecule has 0 saturated carbocycles. The van der Waals surface area contributed by atoms with Gasteiger partial charge in [0.2, 0.25) is 0 Å². The molecule has 114 valence electrons. The predicted octanol–water partition coefficient (Wildman–Crippen LogP) is 2.30. The summed E-state index contributed by atoms with van der Waals surface area (Å²) in [6, 6.07) is 0. The van der Waals surface area contributed by atoms with Gasteiger partial charge >= 0.3 is 0 Å². The molecule has 1 heterocycles. The van der Waals surface area contributed by atoms with Gasteiger partial charge in [-0.2, -0.15) is 5.10 Å². The monoisotopic (exact) mass is 344 g/mol. The number of carbonyl (C=O) groups excluding carboxylic acids is 1. The largest absolute Gasteiger partial charge is 0.330 e. The lowest BCUT2D eigenvalue weighted by molar-refractivity contribution is 0.0967. The molecule has 0 aliphatic heterocycles. The minimum absolute atomic E-state index is 0.167. The lowest BCUT2D eigenvalue weighted by atomic mass is 10.1. The van der Waals surface area contributed by atoms with Crippen LogP contribution in [0.5, 0.6) is 0 Å². The molecule has 0 radical (unpaired) electrons. The Morgan fingerprint density at radius 3 is 2.70 bits per heavy atom. The Hall–Kier alpha value is -0.720. The first-order valence-corrected chi connectivity index (χ1v) is 7.95. The van der Waals surface area contributed by atoms with Crippen LogP contribution in [0.4, 0.5) is 0 Å². The van der Waals surface area contributed by atoms with Crippen molar-refractivity contribution in [3.63, 3.8) is 0 Å². The van der Waals surface area contributed by atoms with Gasteiger partial charge in [0, 0.05) is 13.0 Å². The van der Waals surface area contributed by atoms with E-state index in [4.69, 9.17) is 5.73 Å². The number of carbonyl (C=O) groups is 1. The van der Waals surface area contributed by atoms with Crippen LogP contribution in [0.1, 0.15) is 42.6 Å². The van der Waals surface area contributed by atoms with E-state index >= 15 is 0 Å². The number of hydrogen-bond donors (Lipinski definition) is 1. The molecule has 0 aliphatic rings. The van der Waals surface area contributed by atoms with Gasteiger partial charge in [-0.3, -0.25) is 9.48 Å². The van der Waals surface area contributed by atoms with Crippen molar-refractivity contribution in [2.24, 2.45) is 5.73 Å². The maximum atomic E-state index is 12.3. The summed E-state index contributed by atoms with van der Waals surface area (Å²) in [5, 5.41) is 4.27. The first-order valence-electron chi connectivity index (χ1n) is 7.15. The van der Waals surface area contributed by atoms with Crippen molar-refractivity contribution in [2.45, 2.75) is 38.6 Å². The Morgan fingerprint density at radius 1 is 1.35 bits per heavy atom. The lowest BCUT2D eigenvalue weighted by Crippen LogP contribution is -2.21. The average molecular weight is 345 g/mol. The van der Waals surface area contributed by atoms with Crippen molar-refractivity contribution in [3.05, 3.63) is 16.4 Å². The highest BCUT2D eigenvalue weighted by Crippen LogP contribution is 2.19. The fraction of sp³-hybridized carbons (Fsp3) is 0.714. The number of aromatic nitrogens is 2. The molecule has 20 heavy (non-hydrogen) atoms. The normalized spacial score (nSPS) is 11.2. The zero-order chi connectivity index (χ0) is 15.0. The SMILES string of the molecule is CN(C)CCn1ncc(Br)c1C(=O)CCCCCCN. The minimum Gasteiger partial charge on any atom is -0.330 e. The molecule has 1 aromatic heterocycles. The van der Waals surface area contributed by atoms with E-state index in [2.05, 4.69) is 25.9 Å². The van der Waals surface area contributed by atoms with Gasteiger partial charge in [0.15, 0.2) is 5.78 Å². The number of nitrogens with zero attached hydrogens (tertiary/aromatic N) is 3. The second-order valence-electron chi connectivity index (χ2n) is 5.24. The molecule has 5 nitrogen and oxygen atoms in total. The summed E-state index contributed by atoms with van der Waals surface area (Å²) in [6.07, 6.45) is 6.41. The number of nitrogens with two attached hydrogens (primary N) is 1. The minimum atomic E-state index is 0.167. The highest BCUT2D eigenvalue weighted by atomic mass is 79.9. The van der Waals surface area contributed by atoms with E-state index in [1.807, 2.05) is 14.1 Å². The molecular weight excluding hydrogens is 320 g/mol. The van der Waals surface area contributed by atoms with Gasteiger partial charge in [-0.25, -0.2) is 0 Å². The van der Waals surface area contributed by atoms with E-state index in [1.165, 1.54) is 0 Å². The number of halogens is 1. The summed E-state index contributed by atoms with van der Waals surface area (Å²) in [5.74, 6) is 0.167. The van der Waals surface area contributed by atoms with Crippen LogP contribution in [0, 0.1) is 0 Å². The van der Waals surface area contributed by atoms with Gasteiger partial charge in [-0.15, -0.1) is 0 Å². The average Bonchev–Trinajstić information content (AvgIpc) is 2.77. The Kier molecular flexibility index (Phi) is 8.02. The number of unbranched alkanes of at least 4 members (excludes halogenated alkanes) is 3. The maximum absolute atomic E-state index is 12.3.